The summed E-state index contributed by atoms with van der Waals surface area (Å²) in [5.41, 5.74) is -0.338. The second-order valence-electron chi connectivity index (χ2n) is 9.47. The number of hydrogen-bond donors (Lipinski definition) is 1. The third-order valence-electron chi connectivity index (χ3n) is 6.82. The number of carbonyl (C=O) groups is 2. The van der Waals surface area contributed by atoms with E-state index in [4.69, 9.17) is 14.4 Å². The molecular formula is C25H23F7N4O4. The Labute approximate surface area is 223 Å². The summed E-state index contributed by atoms with van der Waals surface area (Å²) in [6.45, 7) is 0.821. The van der Waals surface area contributed by atoms with Gasteiger partial charge in [-0.15, -0.1) is 0 Å². The zero-order valence-corrected chi connectivity index (χ0v) is 20.7. The topological polar surface area (TPSA) is 108 Å². The number of nitrogens with one attached hydrogen (secondary N) is 1. The first-order valence-electron chi connectivity index (χ1n) is 12.2. The summed E-state index contributed by atoms with van der Waals surface area (Å²) in [4.78, 5) is 30.4. The molecule has 216 valence electrons. The van der Waals surface area contributed by atoms with Crippen LogP contribution in [0.25, 0.3) is 11.3 Å². The Kier molecular flexibility index (Phi) is 8.11. The molecule has 2 aromatic rings. The number of oxazole rings is 1. The Morgan fingerprint density at radius 3 is 2.38 bits per heavy atom. The first kappa shape index (κ1) is 29.3. The van der Waals surface area contributed by atoms with E-state index in [9.17, 15) is 40.3 Å². The largest absolute Gasteiger partial charge is 0.463 e. The lowest BCUT2D eigenvalue weighted by Crippen LogP contribution is -2.41. The van der Waals surface area contributed by atoms with E-state index < -0.39 is 78.9 Å². The van der Waals surface area contributed by atoms with Crippen molar-refractivity contribution in [2.24, 2.45) is 5.92 Å². The lowest BCUT2D eigenvalue weighted by molar-refractivity contribution is -0.297. The molecule has 1 saturated carbocycles. The van der Waals surface area contributed by atoms with Gasteiger partial charge in [0, 0.05) is 43.0 Å². The Morgan fingerprint density at radius 1 is 1.12 bits per heavy atom. The average molecular weight is 576 g/mol. The number of aromatic nitrogens is 1. The summed E-state index contributed by atoms with van der Waals surface area (Å²) in [5, 5.41) is 10.9. The summed E-state index contributed by atoms with van der Waals surface area (Å²) < 4.78 is 107. The van der Waals surface area contributed by atoms with Crippen molar-refractivity contribution >= 4 is 11.8 Å². The number of hydrogen-bond acceptors (Lipinski definition) is 6. The molecule has 4 rings (SSSR count). The van der Waals surface area contributed by atoms with Crippen molar-refractivity contribution < 1.29 is 49.5 Å². The van der Waals surface area contributed by atoms with E-state index in [2.05, 4.69) is 10.3 Å². The molecule has 1 aliphatic heterocycles. The molecule has 1 aromatic heterocycles. The number of carbonyl (C=O) groups excluding carboxylic acids is 2. The second-order valence-corrected chi connectivity index (χ2v) is 9.47. The number of halogens is 7. The van der Waals surface area contributed by atoms with Crippen LogP contribution in [-0.4, -0.2) is 66.6 Å². The number of nitrogens with zero attached hydrogens (tertiary/aromatic N) is 3. The number of ether oxygens (including phenoxy) is 1. The van der Waals surface area contributed by atoms with E-state index in [0.717, 1.165) is 0 Å². The van der Waals surface area contributed by atoms with Crippen molar-refractivity contribution in [3.63, 3.8) is 0 Å². The van der Waals surface area contributed by atoms with Crippen LogP contribution >= 0.6 is 0 Å². The van der Waals surface area contributed by atoms with Gasteiger partial charge in [-0.05, 0) is 18.6 Å². The van der Waals surface area contributed by atoms with Crippen LogP contribution in [0.1, 0.15) is 47.2 Å². The van der Waals surface area contributed by atoms with Crippen molar-refractivity contribution in [1.29, 1.82) is 5.26 Å². The molecule has 0 spiro atoms. The van der Waals surface area contributed by atoms with Gasteiger partial charge in [-0.3, -0.25) is 9.59 Å². The molecule has 2 fully saturated rings. The third kappa shape index (κ3) is 5.91. The number of rotatable bonds is 6. The molecule has 8 nitrogen and oxygen atoms in total. The van der Waals surface area contributed by atoms with Crippen molar-refractivity contribution in [3.8, 4) is 17.3 Å². The Hall–Kier alpha value is -3.67. The van der Waals surface area contributed by atoms with Gasteiger partial charge in [0.05, 0.1) is 25.2 Å². The zero-order chi connectivity index (χ0) is 29.3. The van der Waals surface area contributed by atoms with Crippen molar-refractivity contribution in [3.05, 3.63) is 41.5 Å². The third-order valence-corrected chi connectivity index (χ3v) is 6.82. The second kappa shape index (κ2) is 11.1. The van der Waals surface area contributed by atoms with Crippen LogP contribution < -0.4 is 5.32 Å². The van der Waals surface area contributed by atoms with Crippen LogP contribution in [0.4, 0.5) is 30.7 Å². The fourth-order valence-corrected chi connectivity index (χ4v) is 4.75. The molecule has 0 bridgehead atoms. The highest BCUT2D eigenvalue weighted by molar-refractivity contribution is 5.94. The molecule has 2 atom stereocenters. The monoisotopic (exact) mass is 576 g/mol. The van der Waals surface area contributed by atoms with Crippen LogP contribution in [0.15, 0.2) is 28.7 Å². The highest BCUT2D eigenvalue weighted by atomic mass is 19.4. The Morgan fingerprint density at radius 2 is 1.77 bits per heavy atom. The maximum Gasteiger partial charge on any atom is 0.463 e. The summed E-state index contributed by atoms with van der Waals surface area (Å²) >= 11 is 0. The van der Waals surface area contributed by atoms with Gasteiger partial charge in [0.1, 0.15) is 18.0 Å². The van der Waals surface area contributed by atoms with E-state index in [-0.39, 0.29) is 17.0 Å². The van der Waals surface area contributed by atoms with Gasteiger partial charge in [-0.1, -0.05) is 12.1 Å². The number of morpholine rings is 1. The molecule has 2 aliphatic rings. The molecule has 1 aliphatic carbocycles. The first-order valence-corrected chi connectivity index (χ1v) is 12.2. The quantitative estimate of drug-likeness (QED) is 0.397. The highest BCUT2D eigenvalue weighted by Gasteiger charge is 2.63. The van der Waals surface area contributed by atoms with Gasteiger partial charge in [-0.2, -0.15) is 27.2 Å². The molecule has 0 radical (unpaired) electrons. The molecule has 1 aromatic carbocycles. The minimum atomic E-state index is -6.08. The molecule has 15 heteroatoms. The fourth-order valence-electron chi connectivity index (χ4n) is 4.75. The van der Waals surface area contributed by atoms with Crippen LogP contribution in [0.5, 0.6) is 0 Å². The summed E-state index contributed by atoms with van der Waals surface area (Å²) in [6, 6.07) is 6.76. The van der Waals surface area contributed by atoms with Crippen LogP contribution in [0, 0.1) is 17.2 Å². The summed E-state index contributed by atoms with van der Waals surface area (Å²) in [7, 11) is 0. The van der Waals surface area contributed by atoms with Crippen LogP contribution in [-0.2, 0) is 15.5 Å². The van der Waals surface area contributed by atoms with E-state index in [0.29, 0.717) is 26.3 Å². The van der Waals surface area contributed by atoms with Crippen LogP contribution in [0.3, 0.4) is 0 Å². The SMILES string of the molecule is N#CCNC(=O)C1CC(F)(F)CCC1c1oc(C(F)(F)C(F)(F)F)nc1-c1ccc(C(=O)N2CCOCC2)cc1. The fraction of sp³-hybridized carbons (Fsp3) is 0.520. The predicted octanol–water partition coefficient (Wildman–Crippen LogP) is 4.63. The normalized spacial score (nSPS) is 21.5. The molecule has 2 unspecified atom stereocenters. The lowest BCUT2D eigenvalue weighted by atomic mass is 9.74. The van der Waals surface area contributed by atoms with Gasteiger partial charge >= 0.3 is 12.1 Å². The summed E-state index contributed by atoms with van der Waals surface area (Å²) in [6.07, 6.45) is -8.42. The molecule has 2 amide bonds. The van der Waals surface area contributed by atoms with Gasteiger partial charge in [0.2, 0.25) is 11.8 Å². The zero-order valence-electron chi connectivity index (χ0n) is 20.7. The van der Waals surface area contributed by atoms with Crippen molar-refractivity contribution in [1.82, 2.24) is 15.2 Å². The maximum atomic E-state index is 14.3. The number of amides is 2. The van der Waals surface area contributed by atoms with E-state index in [1.165, 1.54) is 29.2 Å². The molecule has 1 N–H and O–H groups in total. The number of alkyl halides is 7. The maximum absolute atomic E-state index is 14.3. The predicted molar refractivity (Wildman–Crippen MR) is 122 cm³/mol. The lowest BCUT2D eigenvalue weighted by Gasteiger charge is -2.34. The molecular weight excluding hydrogens is 553 g/mol. The van der Waals surface area contributed by atoms with Crippen molar-refractivity contribution in [2.45, 2.75) is 43.2 Å². The van der Waals surface area contributed by atoms with E-state index in [1.807, 2.05) is 0 Å². The van der Waals surface area contributed by atoms with E-state index in [1.54, 1.807) is 6.07 Å². The van der Waals surface area contributed by atoms with Crippen molar-refractivity contribution in [2.75, 3.05) is 32.8 Å². The smallest absolute Gasteiger partial charge is 0.439 e. The van der Waals surface area contributed by atoms with Gasteiger partial charge in [0.15, 0.2) is 0 Å². The Balaban J connectivity index is 1.76. The standard InChI is InChI=1S/C25H23F7N4O4/c26-23(27)6-5-16(17(13-23)20(37)34-8-7-33)19-18(35-22(40-19)24(28,29)25(30,31)32)14-1-3-15(4-2-14)21(38)36-9-11-39-12-10-36/h1-4,16-17H,5-6,8-13H2,(H,34,37). The number of benzene rings is 1. The van der Waals surface area contributed by atoms with E-state index >= 15 is 0 Å². The summed E-state index contributed by atoms with van der Waals surface area (Å²) in [5.74, 6) is -15.8. The molecule has 40 heavy (non-hydrogen) atoms. The molecule has 2 heterocycles. The highest BCUT2D eigenvalue weighted by Crippen LogP contribution is 2.50. The first-order chi connectivity index (χ1) is 18.7. The minimum Gasteiger partial charge on any atom is -0.439 e. The van der Waals surface area contributed by atoms with Gasteiger partial charge in [0.25, 0.3) is 11.8 Å². The van der Waals surface area contributed by atoms with Gasteiger partial charge in [-0.25, -0.2) is 13.8 Å². The van der Waals surface area contributed by atoms with Crippen LogP contribution in [0.2, 0.25) is 0 Å². The average Bonchev–Trinajstić information content (AvgIpc) is 3.37. The molecule has 1 saturated heterocycles. The Bertz CT molecular complexity index is 1280. The number of nitriles is 1. The minimum absolute atomic E-state index is 0.0324. The van der Waals surface area contributed by atoms with Gasteiger partial charge < -0.3 is 19.4 Å².